The normalized spacial score (nSPS) is 12.1. The van der Waals surface area contributed by atoms with Crippen LogP contribution in [0.25, 0.3) is 16.7 Å². The lowest BCUT2D eigenvalue weighted by molar-refractivity contribution is 0.561. The largest absolute Gasteiger partial charge is 0.441 e. The molecular formula is C20H20FNO. The number of unbranched alkanes of at least 4 members (excludes halogenated alkanes) is 1. The number of allylic oxidation sites excluding steroid dienone is 1. The molecule has 2 nitrogen and oxygen atoms in total. The van der Waals surface area contributed by atoms with Gasteiger partial charge in [0.15, 0.2) is 11.5 Å². The van der Waals surface area contributed by atoms with Crippen LogP contribution in [0.4, 0.5) is 4.39 Å². The highest BCUT2D eigenvalue weighted by Gasteiger charge is 2.11. The van der Waals surface area contributed by atoms with E-state index < -0.39 is 0 Å². The van der Waals surface area contributed by atoms with E-state index in [1.54, 1.807) is 6.07 Å². The third-order valence-electron chi connectivity index (χ3n) is 3.92. The molecule has 2 aromatic carbocycles. The fourth-order valence-electron chi connectivity index (χ4n) is 2.81. The monoisotopic (exact) mass is 309 g/mol. The van der Waals surface area contributed by atoms with E-state index in [0.717, 1.165) is 46.2 Å². The number of hydrogen-bond donors (Lipinski definition) is 0. The highest BCUT2D eigenvalue weighted by Crippen LogP contribution is 2.30. The van der Waals surface area contributed by atoms with E-state index >= 15 is 0 Å². The summed E-state index contributed by atoms with van der Waals surface area (Å²) in [5, 5.41) is 0. The van der Waals surface area contributed by atoms with Crippen molar-refractivity contribution in [1.29, 1.82) is 0 Å². The van der Waals surface area contributed by atoms with Crippen molar-refractivity contribution in [3.63, 3.8) is 0 Å². The van der Waals surface area contributed by atoms with Crippen LogP contribution >= 0.6 is 0 Å². The Bertz CT molecular complexity index is 876. The summed E-state index contributed by atoms with van der Waals surface area (Å²) in [4.78, 5) is 4.34. The number of aromatic nitrogens is 1. The first-order chi connectivity index (χ1) is 11.1. The Morgan fingerprint density at radius 3 is 2.74 bits per heavy atom. The first-order valence-electron chi connectivity index (χ1n) is 7.92. The zero-order chi connectivity index (χ0) is 16.4. The van der Waals surface area contributed by atoms with E-state index in [0.29, 0.717) is 5.89 Å². The molecular weight excluding hydrogens is 289 g/mol. The van der Waals surface area contributed by atoms with Crippen LogP contribution in [-0.4, -0.2) is 4.98 Å². The highest BCUT2D eigenvalue weighted by atomic mass is 19.1. The number of nitrogens with zero attached hydrogens (tertiary/aromatic N) is 1. The summed E-state index contributed by atoms with van der Waals surface area (Å²) in [6, 6.07) is 11.0. The third kappa shape index (κ3) is 3.19. The molecule has 0 amide bonds. The van der Waals surface area contributed by atoms with Crippen molar-refractivity contribution < 1.29 is 8.81 Å². The Hall–Kier alpha value is -2.42. The molecule has 0 N–H and O–H groups in total. The van der Waals surface area contributed by atoms with Crippen molar-refractivity contribution in [2.45, 2.75) is 33.6 Å². The van der Waals surface area contributed by atoms with Crippen molar-refractivity contribution in [2.75, 3.05) is 0 Å². The van der Waals surface area contributed by atoms with Crippen LogP contribution in [0.3, 0.4) is 0 Å². The smallest absolute Gasteiger partial charge is 0.192 e. The molecule has 0 bridgehead atoms. The third-order valence-corrected chi connectivity index (χ3v) is 3.92. The summed E-state index contributed by atoms with van der Waals surface area (Å²) < 4.78 is 19.1. The summed E-state index contributed by atoms with van der Waals surface area (Å²) in [5.41, 5.74) is 5.80. The number of oxazole rings is 1. The average Bonchev–Trinajstić information content (AvgIpc) is 2.88. The minimum Gasteiger partial charge on any atom is -0.441 e. The standard InChI is InChI=1S/C20H20FNO/c1-4-5-6-18(17-9-8-16(21)11-13(17)2)15-7-10-19-20(12-15)23-14(3)22-19/h6-12H,4-5H2,1-3H3/b18-6-. The molecule has 0 spiro atoms. The number of benzene rings is 2. The quantitative estimate of drug-likeness (QED) is 0.607. The molecule has 3 heteroatoms. The molecule has 0 unspecified atom stereocenters. The topological polar surface area (TPSA) is 26.0 Å². The summed E-state index contributed by atoms with van der Waals surface area (Å²) >= 11 is 0. The predicted molar refractivity (Wildman–Crippen MR) is 91.9 cm³/mol. The van der Waals surface area contributed by atoms with Gasteiger partial charge >= 0.3 is 0 Å². The van der Waals surface area contributed by atoms with Crippen LogP contribution in [0.15, 0.2) is 46.9 Å². The molecule has 1 aromatic heterocycles. The molecule has 3 aromatic rings. The average molecular weight is 309 g/mol. The fourth-order valence-corrected chi connectivity index (χ4v) is 2.81. The van der Waals surface area contributed by atoms with Gasteiger partial charge < -0.3 is 4.42 Å². The Kier molecular flexibility index (Phi) is 4.28. The second-order valence-electron chi connectivity index (χ2n) is 5.78. The first-order valence-corrected chi connectivity index (χ1v) is 7.92. The number of hydrogen-bond acceptors (Lipinski definition) is 2. The molecule has 118 valence electrons. The molecule has 0 aliphatic rings. The van der Waals surface area contributed by atoms with Gasteiger partial charge in [-0.1, -0.05) is 31.6 Å². The minimum absolute atomic E-state index is 0.206. The number of aryl methyl sites for hydroxylation is 2. The van der Waals surface area contributed by atoms with Crippen LogP contribution in [-0.2, 0) is 0 Å². The van der Waals surface area contributed by atoms with Gasteiger partial charge in [0.2, 0.25) is 0 Å². The van der Waals surface area contributed by atoms with E-state index in [1.807, 2.05) is 32.0 Å². The fraction of sp³-hybridized carbons (Fsp3) is 0.250. The molecule has 0 saturated carbocycles. The maximum atomic E-state index is 13.4. The van der Waals surface area contributed by atoms with Gasteiger partial charge in [-0.05, 0) is 59.9 Å². The number of halogens is 1. The van der Waals surface area contributed by atoms with Crippen LogP contribution in [0.1, 0.15) is 42.3 Å². The molecule has 0 radical (unpaired) electrons. The first kappa shape index (κ1) is 15.5. The molecule has 23 heavy (non-hydrogen) atoms. The molecule has 0 aliphatic carbocycles. The Morgan fingerprint density at radius 2 is 2.00 bits per heavy atom. The summed E-state index contributed by atoms with van der Waals surface area (Å²) in [5.74, 6) is 0.455. The number of fused-ring (bicyclic) bond motifs is 1. The predicted octanol–water partition coefficient (Wildman–Crippen LogP) is 5.82. The maximum absolute atomic E-state index is 13.4. The Labute approximate surface area is 135 Å². The van der Waals surface area contributed by atoms with Crippen LogP contribution in [0.2, 0.25) is 0 Å². The lowest BCUT2D eigenvalue weighted by Gasteiger charge is -2.12. The zero-order valence-electron chi connectivity index (χ0n) is 13.7. The lowest BCUT2D eigenvalue weighted by atomic mass is 9.93. The van der Waals surface area contributed by atoms with Crippen LogP contribution < -0.4 is 0 Å². The lowest BCUT2D eigenvalue weighted by Crippen LogP contribution is -1.93. The van der Waals surface area contributed by atoms with Crippen molar-refractivity contribution >= 4 is 16.7 Å². The van der Waals surface area contributed by atoms with E-state index in [4.69, 9.17) is 4.42 Å². The Balaban J connectivity index is 2.13. The van der Waals surface area contributed by atoms with Gasteiger partial charge in [-0.2, -0.15) is 0 Å². The van der Waals surface area contributed by atoms with Crippen LogP contribution in [0, 0.1) is 19.7 Å². The van der Waals surface area contributed by atoms with Gasteiger partial charge in [0.1, 0.15) is 11.3 Å². The van der Waals surface area contributed by atoms with Crippen molar-refractivity contribution in [3.8, 4) is 0 Å². The Morgan fingerprint density at radius 1 is 1.17 bits per heavy atom. The number of rotatable bonds is 4. The van der Waals surface area contributed by atoms with Crippen LogP contribution in [0.5, 0.6) is 0 Å². The van der Waals surface area contributed by atoms with Crippen molar-refractivity contribution in [3.05, 3.63) is 70.9 Å². The summed E-state index contributed by atoms with van der Waals surface area (Å²) in [6.45, 7) is 5.93. The second kappa shape index (κ2) is 6.37. The van der Waals surface area contributed by atoms with Gasteiger partial charge in [0.25, 0.3) is 0 Å². The van der Waals surface area contributed by atoms with Crippen molar-refractivity contribution in [2.24, 2.45) is 0 Å². The van der Waals surface area contributed by atoms with E-state index in [1.165, 1.54) is 6.07 Å². The second-order valence-corrected chi connectivity index (χ2v) is 5.78. The minimum atomic E-state index is -0.206. The molecule has 1 heterocycles. The van der Waals surface area contributed by atoms with Gasteiger partial charge in [-0.25, -0.2) is 9.37 Å². The SMILES string of the molecule is CCC/C=C(/c1ccc2nc(C)oc2c1)c1ccc(F)cc1C. The zero-order valence-corrected chi connectivity index (χ0v) is 13.7. The maximum Gasteiger partial charge on any atom is 0.192 e. The van der Waals surface area contributed by atoms with E-state index in [9.17, 15) is 4.39 Å². The van der Waals surface area contributed by atoms with Gasteiger partial charge in [-0.3, -0.25) is 0 Å². The highest BCUT2D eigenvalue weighted by molar-refractivity contribution is 5.86. The summed E-state index contributed by atoms with van der Waals surface area (Å²) in [6.07, 6.45) is 4.25. The van der Waals surface area contributed by atoms with Gasteiger partial charge in [0, 0.05) is 6.92 Å². The molecule has 3 rings (SSSR count). The van der Waals surface area contributed by atoms with E-state index in [-0.39, 0.29) is 5.82 Å². The van der Waals surface area contributed by atoms with Crippen molar-refractivity contribution in [1.82, 2.24) is 4.98 Å². The van der Waals surface area contributed by atoms with Gasteiger partial charge in [0.05, 0.1) is 0 Å². The molecule has 0 saturated heterocycles. The molecule has 0 aliphatic heterocycles. The summed E-state index contributed by atoms with van der Waals surface area (Å²) in [7, 11) is 0. The molecule has 0 atom stereocenters. The van der Waals surface area contributed by atoms with E-state index in [2.05, 4.69) is 24.1 Å². The molecule has 0 fully saturated rings. The van der Waals surface area contributed by atoms with Gasteiger partial charge in [-0.15, -0.1) is 0 Å².